The van der Waals surface area contributed by atoms with Crippen molar-refractivity contribution in [3.05, 3.63) is 23.8 Å². The van der Waals surface area contributed by atoms with Crippen LogP contribution in [0.15, 0.2) is 23.1 Å². The lowest BCUT2D eigenvalue weighted by Crippen LogP contribution is -2.41. The van der Waals surface area contributed by atoms with Gasteiger partial charge in [-0.2, -0.15) is 0 Å². The summed E-state index contributed by atoms with van der Waals surface area (Å²) < 4.78 is 40.7. The first-order valence-corrected chi connectivity index (χ1v) is 11.1. The molecule has 3 rings (SSSR count). The summed E-state index contributed by atoms with van der Waals surface area (Å²) in [5.41, 5.74) is 0.684. The van der Waals surface area contributed by atoms with Gasteiger partial charge in [-0.1, -0.05) is 11.6 Å². The van der Waals surface area contributed by atoms with Crippen molar-refractivity contribution in [2.45, 2.75) is 88.5 Å². The highest BCUT2D eigenvalue weighted by molar-refractivity contribution is 7.89. The summed E-state index contributed by atoms with van der Waals surface area (Å²) in [6, 6.07) is 4.92. The zero-order valence-corrected chi connectivity index (χ0v) is 17.6. The fourth-order valence-electron chi connectivity index (χ4n) is 3.49. The Labute approximate surface area is 162 Å². The summed E-state index contributed by atoms with van der Waals surface area (Å²) in [5, 5.41) is 9.61. The number of hydrogen-bond donors (Lipinski definition) is 2. The van der Waals surface area contributed by atoms with Crippen molar-refractivity contribution in [1.82, 2.24) is 4.72 Å². The minimum atomic E-state index is -3.65. The molecule has 2 fully saturated rings. The second-order valence-corrected chi connectivity index (χ2v) is 10.4. The summed E-state index contributed by atoms with van der Waals surface area (Å²) in [6.07, 6.45) is 2.23. The summed E-state index contributed by atoms with van der Waals surface area (Å²) in [4.78, 5) is 0.212. The Bertz CT molecular complexity index is 784. The molecule has 1 aliphatic heterocycles. The van der Waals surface area contributed by atoms with Crippen molar-refractivity contribution in [3.63, 3.8) is 0 Å². The Morgan fingerprint density at radius 2 is 1.63 bits per heavy atom. The lowest BCUT2D eigenvalue weighted by atomic mass is 9.76. The summed E-state index contributed by atoms with van der Waals surface area (Å²) >= 11 is 0. The molecule has 150 valence electrons. The van der Waals surface area contributed by atoms with Crippen LogP contribution in [0.1, 0.15) is 58.9 Å². The smallest absolute Gasteiger partial charge is 0.399 e. The molecule has 27 heavy (non-hydrogen) atoms. The van der Waals surface area contributed by atoms with E-state index in [0.29, 0.717) is 25.7 Å². The van der Waals surface area contributed by atoms with E-state index in [4.69, 9.17) is 9.31 Å². The van der Waals surface area contributed by atoms with Crippen molar-refractivity contribution in [2.75, 3.05) is 0 Å². The van der Waals surface area contributed by atoms with E-state index < -0.39 is 28.3 Å². The van der Waals surface area contributed by atoms with Gasteiger partial charge in [0.25, 0.3) is 0 Å². The van der Waals surface area contributed by atoms with Crippen LogP contribution in [0, 0.1) is 6.92 Å². The van der Waals surface area contributed by atoms with Crippen LogP contribution in [-0.4, -0.2) is 44.0 Å². The number of aliphatic hydroxyl groups excluding tert-OH is 1. The molecule has 6 nitrogen and oxygen atoms in total. The predicted molar refractivity (Wildman–Crippen MR) is 105 cm³/mol. The van der Waals surface area contributed by atoms with Gasteiger partial charge < -0.3 is 14.4 Å². The molecule has 0 radical (unpaired) electrons. The molecule has 2 N–H and O–H groups in total. The highest BCUT2D eigenvalue weighted by Gasteiger charge is 2.52. The van der Waals surface area contributed by atoms with Crippen LogP contribution >= 0.6 is 0 Å². The predicted octanol–water partition coefficient (Wildman–Crippen LogP) is 1.88. The van der Waals surface area contributed by atoms with Gasteiger partial charge in [-0.3, -0.25) is 0 Å². The van der Waals surface area contributed by atoms with Crippen LogP contribution in [-0.2, 0) is 19.3 Å². The molecule has 0 bridgehead atoms. The highest BCUT2D eigenvalue weighted by atomic mass is 32.2. The normalized spacial score (nSPS) is 27.7. The van der Waals surface area contributed by atoms with Gasteiger partial charge in [0.15, 0.2) is 0 Å². The molecule has 1 saturated carbocycles. The molecule has 0 aromatic heterocycles. The molecular formula is C19H30BNO5S. The van der Waals surface area contributed by atoms with E-state index in [1.807, 2.05) is 34.6 Å². The van der Waals surface area contributed by atoms with Crippen molar-refractivity contribution in [3.8, 4) is 0 Å². The van der Waals surface area contributed by atoms with Gasteiger partial charge in [-0.25, -0.2) is 13.1 Å². The third-order valence-electron chi connectivity index (χ3n) is 6.09. The van der Waals surface area contributed by atoms with Crippen LogP contribution in [0.25, 0.3) is 0 Å². The Kier molecular flexibility index (Phi) is 5.51. The number of aliphatic hydroxyl groups is 1. The van der Waals surface area contributed by atoms with Gasteiger partial charge in [-0.05, 0) is 77.9 Å². The fourth-order valence-corrected chi connectivity index (χ4v) is 4.83. The van der Waals surface area contributed by atoms with E-state index in [-0.39, 0.29) is 17.0 Å². The number of nitrogens with one attached hydrogen (secondary N) is 1. The summed E-state index contributed by atoms with van der Waals surface area (Å²) in [7, 11) is -4.25. The zero-order chi connectivity index (χ0) is 20.0. The van der Waals surface area contributed by atoms with Gasteiger partial charge in [0.1, 0.15) is 0 Å². The topological polar surface area (TPSA) is 84.9 Å². The molecule has 0 amide bonds. The Balaban J connectivity index is 1.83. The highest BCUT2D eigenvalue weighted by Crippen LogP contribution is 2.36. The second-order valence-electron chi connectivity index (χ2n) is 8.73. The first-order valence-electron chi connectivity index (χ1n) is 9.58. The second kappa shape index (κ2) is 7.15. The number of benzene rings is 1. The average Bonchev–Trinajstić information content (AvgIpc) is 2.77. The van der Waals surface area contributed by atoms with Crippen LogP contribution in [0.4, 0.5) is 0 Å². The third kappa shape index (κ3) is 4.25. The van der Waals surface area contributed by atoms with Gasteiger partial charge in [0.2, 0.25) is 10.0 Å². The van der Waals surface area contributed by atoms with Gasteiger partial charge >= 0.3 is 7.12 Å². The quantitative estimate of drug-likeness (QED) is 0.761. The van der Waals surface area contributed by atoms with E-state index in [9.17, 15) is 13.5 Å². The van der Waals surface area contributed by atoms with E-state index in [2.05, 4.69) is 4.72 Å². The molecule has 1 saturated heterocycles. The molecule has 1 aromatic rings. The first kappa shape index (κ1) is 20.8. The Hall–Kier alpha value is -0.925. The molecule has 1 heterocycles. The monoisotopic (exact) mass is 395 g/mol. The van der Waals surface area contributed by atoms with Crippen molar-refractivity contribution < 1.29 is 22.8 Å². The van der Waals surface area contributed by atoms with Gasteiger partial charge in [-0.15, -0.1) is 0 Å². The van der Waals surface area contributed by atoms with Crippen molar-refractivity contribution >= 4 is 22.6 Å². The molecule has 0 unspecified atom stereocenters. The van der Waals surface area contributed by atoms with E-state index in [0.717, 1.165) is 11.0 Å². The minimum absolute atomic E-state index is 0.139. The molecule has 1 aromatic carbocycles. The first-order chi connectivity index (χ1) is 12.4. The number of hydrogen-bond acceptors (Lipinski definition) is 5. The van der Waals surface area contributed by atoms with Crippen molar-refractivity contribution in [1.29, 1.82) is 0 Å². The molecular weight excluding hydrogens is 365 g/mol. The standard InChI is InChI=1S/C19H30BNO5S/c1-13-6-11-16(27(23,24)21-14-7-9-15(22)10-8-14)12-17(13)20-25-18(2,3)19(4,5)26-20/h6,11-12,14-15,21-22H,7-10H2,1-5H3. The Morgan fingerprint density at radius 1 is 1.07 bits per heavy atom. The summed E-state index contributed by atoms with van der Waals surface area (Å²) in [5.74, 6) is 0. The molecule has 0 spiro atoms. The molecule has 2 aliphatic rings. The van der Waals surface area contributed by atoms with E-state index in [1.165, 1.54) is 0 Å². The maximum atomic E-state index is 12.9. The maximum absolute atomic E-state index is 12.9. The third-order valence-corrected chi connectivity index (χ3v) is 7.60. The minimum Gasteiger partial charge on any atom is -0.399 e. The van der Waals surface area contributed by atoms with Gasteiger partial charge in [0.05, 0.1) is 22.2 Å². The van der Waals surface area contributed by atoms with Gasteiger partial charge in [0, 0.05) is 6.04 Å². The van der Waals surface area contributed by atoms with E-state index in [1.54, 1.807) is 18.2 Å². The van der Waals surface area contributed by atoms with Crippen molar-refractivity contribution in [2.24, 2.45) is 0 Å². The SMILES string of the molecule is Cc1ccc(S(=O)(=O)NC2CCC(O)CC2)cc1B1OC(C)(C)C(C)(C)O1. The number of sulfonamides is 1. The summed E-state index contributed by atoms with van der Waals surface area (Å²) in [6.45, 7) is 9.82. The van der Waals surface area contributed by atoms with Crippen LogP contribution in [0.3, 0.4) is 0 Å². The van der Waals surface area contributed by atoms with Crippen LogP contribution < -0.4 is 10.2 Å². The lowest BCUT2D eigenvalue weighted by Gasteiger charge is -2.32. The molecule has 0 atom stereocenters. The lowest BCUT2D eigenvalue weighted by molar-refractivity contribution is 0.00578. The molecule has 8 heteroatoms. The Morgan fingerprint density at radius 3 is 2.19 bits per heavy atom. The van der Waals surface area contributed by atoms with Crippen LogP contribution in [0.2, 0.25) is 0 Å². The van der Waals surface area contributed by atoms with Crippen LogP contribution in [0.5, 0.6) is 0 Å². The largest absolute Gasteiger partial charge is 0.495 e. The number of rotatable bonds is 4. The zero-order valence-electron chi connectivity index (χ0n) is 16.8. The van der Waals surface area contributed by atoms with E-state index >= 15 is 0 Å². The molecule has 1 aliphatic carbocycles. The fraction of sp³-hybridized carbons (Fsp3) is 0.684. The maximum Gasteiger partial charge on any atom is 0.495 e. The average molecular weight is 395 g/mol. The number of aryl methyl sites for hydroxylation is 1.